The number of aliphatic hydroxyl groups is 1. The number of amides is 1. The number of rotatable bonds is 2. The van der Waals surface area contributed by atoms with Crippen LogP contribution in [-0.4, -0.2) is 28.9 Å². The van der Waals surface area contributed by atoms with E-state index in [0.29, 0.717) is 0 Å². The lowest BCUT2D eigenvalue weighted by molar-refractivity contribution is 0.0457. The second kappa shape index (κ2) is 4.34. The Balaban J connectivity index is 4.27. The van der Waals surface area contributed by atoms with Crippen LogP contribution >= 0.6 is 0 Å². The number of terminal acetylenes is 1. The average Bonchev–Trinajstić information content (AvgIpc) is 2.00. The first-order chi connectivity index (χ1) is 6.22. The fourth-order valence-electron chi connectivity index (χ4n) is 0.650. The van der Waals surface area contributed by atoms with Gasteiger partial charge in [-0.3, -0.25) is 0 Å². The van der Waals surface area contributed by atoms with Crippen molar-refractivity contribution in [1.82, 2.24) is 5.32 Å². The van der Waals surface area contributed by atoms with Crippen molar-refractivity contribution in [3.63, 3.8) is 0 Å². The Kier molecular flexibility index (Phi) is 3.96. The van der Waals surface area contributed by atoms with Gasteiger partial charge in [-0.15, -0.1) is 6.42 Å². The topological polar surface area (TPSA) is 58.6 Å². The number of hydrogen-bond acceptors (Lipinski definition) is 3. The molecule has 14 heavy (non-hydrogen) atoms. The van der Waals surface area contributed by atoms with Crippen molar-refractivity contribution in [3.05, 3.63) is 0 Å². The summed E-state index contributed by atoms with van der Waals surface area (Å²) >= 11 is 0. The highest BCUT2D eigenvalue weighted by atomic mass is 16.6. The first kappa shape index (κ1) is 12.8. The average molecular weight is 199 g/mol. The number of alkyl carbamates (subject to hydrolysis) is 1. The third-order valence-corrected chi connectivity index (χ3v) is 1.41. The molecule has 0 aromatic heterocycles. The number of ether oxygens (including phenoxy) is 1. The minimum atomic E-state index is -1.07. The van der Waals surface area contributed by atoms with Gasteiger partial charge < -0.3 is 15.2 Å². The maximum absolute atomic E-state index is 11.3. The van der Waals surface area contributed by atoms with E-state index in [1.54, 1.807) is 20.8 Å². The van der Waals surface area contributed by atoms with Gasteiger partial charge in [0.05, 0.1) is 6.61 Å². The normalized spacial score (nSPS) is 15.1. The molecular formula is C10H17NO3. The Hall–Kier alpha value is -1.21. The van der Waals surface area contributed by atoms with E-state index in [4.69, 9.17) is 16.3 Å². The zero-order chi connectivity index (χ0) is 11.4. The van der Waals surface area contributed by atoms with E-state index in [1.165, 1.54) is 6.92 Å². The molecule has 0 radical (unpaired) electrons. The van der Waals surface area contributed by atoms with E-state index in [1.807, 2.05) is 0 Å². The van der Waals surface area contributed by atoms with Crippen LogP contribution in [0.15, 0.2) is 0 Å². The quantitative estimate of drug-likeness (QED) is 0.649. The number of aliphatic hydroxyl groups excluding tert-OH is 1. The van der Waals surface area contributed by atoms with Gasteiger partial charge in [0, 0.05) is 0 Å². The molecule has 4 heteroatoms. The Labute approximate surface area is 84.6 Å². The minimum absolute atomic E-state index is 0.331. The van der Waals surface area contributed by atoms with E-state index in [9.17, 15) is 4.79 Å². The molecule has 0 aromatic carbocycles. The molecule has 0 bridgehead atoms. The maximum atomic E-state index is 11.3. The predicted octanol–water partition coefficient (Wildman–Crippen LogP) is 0.895. The molecule has 0 saturated heterocycles. The largest absolute Gasteiger partial charge is 0.444 e. The van der Waals surface area contributed by atoms with E-state index in [2.05, 4.69) is 11.2 Å². The lowest BCUT2D eigenvalue weighted by atomic mass is 10.1. The zero-order valence-corrected chi connectivity index (χ0v) is 9.05. The standard InChI is InChI=1S/C10H17NO3/c1-6-10(5,7-12)11-8(13)14-9(2,3)4/h1,12H,7H2,2-5H3,(H,11,13)/t10-/m1/s1. The first-order valence-corrected chi connectivity index (χ1v) is 4.32. The Morgan fingerprint density at radius 3 is 2.29 bits per heavy atom. The number of nitrogens with one attached hydrogen (secondary N) is 1. The van der Waals surface area contributed by atoms with Gasteiger partial charge in [0.1, 0.15) is 11.1 Å². The molecule has 1 atom stereocenters. The monoisotopic (exact) mass is 199 g/mol. The van der Waals surface area contributed by atoms with Gasteiger partial charge in [0.15, 0.2) is 0 Å². The molecule has 0 aliphatic carbocycles. The Morgan fingerprint density at radius 2 is 2.00 bits per heavy atom. The first-order valence-electron chi connectivity index (χ1n) is 4.32. The molecule has 2 N–H and O–H groups in total. The van der Waals surface area contributed by atoms with Crippen LogP contribution in [0.4, 0.5) is 4.79 Å². The van der Waals surface area contributed by atoms with E-state index >= 15 is 0 Å². The SMILES string of the molecule is C#C[C@](C)(CO)NC(=O)OC(C)(C)C. The third-order valence-electron chi connectivity index (χ3n) is 1.41. The van der Waals surface area contributed by atoms with Gasteiger partial charge in [0.25, 0.3) is 0 Å². The summed E-state index contributed by atoms with van der Waals surface area (Å²) in [7, 11) is 0. The summed E-state index contributed by atoms with van der Waals surface area (Å²) in [5.41, 5.74) is -1.64. The maximum Gasteiger partial charge on any atom is 0.408 e. The van der Waals surface area contributed by atoms with Crippen molar-refractivity contribution in [2.45, 2.75) is 38.8 Å². The second-order valence-electron chi connectivity index (χ2n) is 4.26. The summed E-state index contributed by atoms with van der Waals surface area (Å²) in [5.74, 6) is 2.28. The Bertz CT molecular complexity index is 249. The second-order valence-corrected chi connectivity index (χ2v) is 4.26. The van der Waals surface area contributed by atoms with Crippen molar-refractivity contribution in [3.8, 4) is 12.3 Å². The highest BCUT2D eigenvalue weighted by Crippen LogP contribution is 2.08. The van der Waals surface area contributed by atoms with Gasteiger partial charge in [-0.1, -0.05) is 5.92 Å². The van der Waals surface area contributed by atoms with E-state index < -0.39 is 17.2 Å². The molecule has 4 nitrogen and oxygen atoms in total. The summed E-state index contributed by atoms with van der Waals surface area (Å²) in [4.78, 5) is 11.3. The molecule has 0 unspecified atom stereocenters. The molecule has 80 valence electrons. The van der Waals surface area contributed by atoms with E-state index in [-0.39, 0.29) is 6.61 Å². The fourth-order valence-corrected chi connectivity index (χ4v) is 0.650. The molecule has 0 heterocycles. The Morgan fingerprint density at radius 1 is 1.50 bits per heavy atom. The molecule has 0 aliphatic rings. The van der Waals surface area contributed by atoms with Crippen LogP contribution in [0.3, 0.4) is 0 Å². The molecule has 0 rings (SSSR count). The summed E-state index contributed by atoms with van der Waals surface area (Å²) in [6, 6.07) is 0. The summed E-state index contributed by atoms with van der Waals surface area (Å²) in [6.45, 7) is 6.45. The van der Waals surface area contributed by atoms with Crippen LogP contribution in [0.2, 0.25) is 0 Å². The van der Waals surface area contributed by atoms with Crippen LogP contribution in [0, 0.1) is 12.3 Å². The van der Waals surface area contributed by atoms with Gasteiger partial charge in [-0.25, -0.2) is 4.79 Å². The number of carbonyl (C=O) groups excluding carboxylic acids is 1. The summed E-state index contributed by atoms with van der Waals surface area (Å²) in [6.07, 6.45) is 4.52. The molecule has 0 aliphatic heterocycles. The molecule has 0 aromatic rings. The van der Waals surface area contributed by atoms with Crippen molar-refractivity contribution >= 4 is 6.09 Å². The molecule has 1 amide bonds. The minimum Gasteiger partial charge on any atom is -0.444 e. The lowest BCUT2D eigenvalue weighted by Gasteiger charge is -2.26. The molecular weight excluding hydrogens is 182 g/mol. The summed E-state index contributed by atoms with van der Waals surface area (Å²) < 4.78 is 4.98. The predicted molar refractivity (Wildman–Crippen MR) is 53.7 cm³/mol. The van der Waals surface area contributed by atoms with Gasteiger partial charge in [-0.05, 0) is 27.7 Å². The van der Waals surface area contributed by atoms with Crippen LogP contribution in [0.5, 0.6) is 0 Å². The molecule has 0 fully saturated rings. The van der Waals surface area contributed by atoms with Crippen LogP contribution in [-0.2, 0) is 4.74 Å². The van der Waals surface area contributed by atoms with Crippen molar-refractivity contribution < 1.29 is 14.6 Å². The number of hydrogen-bond donors (Lipinski definition) is 2. The fraction of sp³-hybridized carbons (Fsp3) is 0.700. The van der Waals surface area contributed by atoms with Crippen molar-refractivity contribution in [1.29, 1.82) is 0 Å². The van der Waals surface area contributed by atoms with Gasteiger partial charge >= 0.3 is 6.09 Å². The summed E-state index contributed by atoms with van der Waals surface area (Å²) in [5, 5.41) is 11.3. The molecule has 0 saturated carbocycles. The molecule has 0 spiro atoms. The van der Waals surface area contributed by atoms with Crippen LogP contribution in [0.25, 0.3) is 0 Å². The van der Waals surface area contributed by atoms with Crippen LogP contribution < -0.4 is 5.32 Å². The zero-order valence-electron chi connectivity index (χ0n) is 9.05. The smallest absolute Gasteiger partial charge is 0.408 e. The van der Waals surface area contributed by atoms with Crippen molar-refractivity contribution in [2.75, 3.05) is 6.61 Å². The van der Waals surface area contributed by atoms with Gasteiger partial charge in [-0.2, -0.15) is 0 Å². The lowest BCUT2D eigenvalue weighted by Crippen LogP contribution is -2.49. The van der Waals surface area contributed by atoms with Crippen LogP contribution in [0.1, 0.15) is 27.7 Å². The number of carbonyl (C=O) groups is 1. The van der Waals surface area contributed by atoms with E-state index in [0.717, 1.165) is 0 Å². The highest BCUT2D eigenvalue weighted by molar-refractivity contribution is 5.69. The third kappa shape index (κ3) is 4.73. The van der Waals surface area contributed by atoms with Crippen molar-refractivity contribution in [2.24, 2.45) is 0 Å². The van der Waals surface area contributed by atoms with Gasteiger partial charge in [0.2, 0.25) is 0 Å². The highest BCUT2D eigenvalue weighted by Gasteiger charge is 2.25.